The molecular formula is C19H19N3O7. The van der Waals surface area contributed by atoms with E-state index in [0.29, 0.717) is 5.06 Å². The molecular weight excluding hydrogens is 382 g/mol. The van der Waals surface area contributed by atoms with E-state index in [1.807, 2.05) is 0 Å². The van der Waals surface area contributed by atoms with E-state index in [-0.39, 0.29) is 22.7 Å². The SMILES string of the molecule is C[C@H](NC(=O)OC(C)(C)C)c1nc(C(=O)ON2C(=O)c3ccccc3C2=O)co1. The third-order valence-electron chi connectivity index (χ3n) is 3.77. The molecule has 2 heterocycles. The molecule has 1 aromatic carbocycles. The largest absolute Gasteiger partial charge is 0.446 e. The molecule has 0 saturated heterocycles. The van der Waals surface area contributed by atoms with Gasteiger partial charge in [-0.15, -0.1) is 0 Å². The van der Waals surface area contributed by atoms with Crippen molar-refractivity contribution in [2.45, 2.75) is 39.3 Å². The van der Waals surface area contributed by atoms with Gasteiger partial charge >= 0.3 is 12.1 Å². The van der Waals surface area contributed by atoms with E-state index in [4.69, 9.17) is 14.0 Å². The predicted molar refractivity (Wildman–Crippen MR) is 96.6 cm³/mol. The number of benzene rings is 1. The normalized spacial score (nSPS) is 14.4. The van der Waals surface area contributed by atoms with E-state index >= 15 is 0 Å². The zero-order valence-corrected chi connectivity index (χ0v) is 16.2. The van der Waals surface area contributed by atoms with Crippen LogP contribution in [-0.4, -0.2) is 39.5 Å². The van der Waals surface area contributed by atoms with Crippen molar-refractivity contribution in [3.8, 4) is 0 Å². The molecule has 29 heavy (non-hydrogen) atoms. The number of oxazole rings is 1. The van der Waals surface area contributed by atoms with Crippen LogP contribution in [0.25, 0.3) is 0 Å². The molecule has 0 saturated carbocycles. The molecule has 0 fully saturated rings. The summed E-state index contributed by atoms with van der Waals surface area (Å²) in [6.45, 7) is 6.73. The molecule has 10 heteroatoms. The molecule has 1 N–H and O–H groups in total. The molecule has 0 bridgehead atoms. The summed E-state index contributed by atoms with van der Waals surface area (Å²) >= 11 is 0. The predicted octanol–water partition coefficient (Wildman–Crippen LogP) is 2.63. The number of carbonyl (C=O) groups is 4. The van der Waals surface area contributed by atoms with Crippen LogP contribution < -0.4 is 5.32 Å². The van der Waals surface area contributed by atoms with Crippen molar-refractivity contribution in [2.75, 3.05) is 0 Å². The van der Waals surface area contributed by atoms with Crippen LogP contribution in [0.3, 0.4) is 0 Å². The first-order valence-corrected chi connectivity index (χ1v) is 8.72. The first kappa shape index (κ1) is 20.1. The molecule has 1 aromatic heterocycles. The number of carbonyl (C=O) groups excluding carboxylic acids is 4. The van der Waals surface area contributed by atoms with Gasteiger partial charge in [-0.3, -0.25) is 9.59 Å². The summed E-state index contributed by atoms with van der Waals surface area (Å²) in [4.78, 5) is 57.4. The van der Waals surface area contributed by atoms with Crippen molar-refractivity contribution in [2.24, 2.45) is 0 Å². The standard InChI is InChI=1S/C19H19N3O7/c1-10(20-18(26)28-19(2,3)4)14-21-13(9-27-14)17(25)29-22-15(23)11-7-5-6-8-12(11)16(22)24/h5-10H,1-4H3,(H,20,26)/t10-/m0/s1. The molecule has 1 atom stereocenters. The lowest BCUT2D eigenvalue weighted by Crippen LogP contribution is -2.34. The van der Waals surface area contributed by atoms with Gasteiger partial charge in [0.15, 0.2) is 5.69 Å². The number of nitrogens with one attached hydrogen (secondary N) is 1. The maximum atomic E-state index is 12.3. The Kier molecular flexibility index (Phi) is 5.10. The fourth-order valence-corrected chi connectivity index (χ4v) is 2.51. The van der Waals surface area contributed by atoms with Gasteiger partial charge in [-0.2, -0.15) is 0 Å². The zero-order chi connectivity index (χ0) is 21.3. The Bertz CT molecular complexity index is 955. The molecule has 0 aliphatic carbocycles. The first-order valence-electron chi connectivity index (χ1n) is 8.72. The van der Waals surface area contributed by atoms with Crippen LogP contribution in [0.15, 0.2) is 34.9 Å². The average molecular weight is 401 g/mol. The second-order valence-corrected chi connectivity index (χ2v) is 7.27. The van der Waals surface area contributed by atoms with Gasteiger partial charge in [0.2, 0.25) is 5.89 Å². The van der Waals surface area contributed by atoms with E-state index in [2.05, 4.69) is 10.3 Å². The summed E-state index contributed by atoms with van der Waals surface area (Å²) in [5.74, 6) is -2.53. The lowest BCUT2D eigenvalue weighted by Gasteiger charge is -2.20. The number of nitrogens with zero attached hydrogens (tertiary/aromatic N) is 2. The highest BCUT2D eigenvalue weighted by Gasteiger charge is 2.39. The Balaban J connectivity index is 1.65. The maximum absolute atomic E-state index is 12.3. The molecule has 1 aliphatic rings. The second-order valence-electron chi connectivity index (χ2n) is 7.27. The molecule has 2 aromatic rings. The van der Waals surface area contributed by atoms with Crippen LogP contribution in [0.2, 0.25) is 0 Å². The number of aromatic nitrogens is 1. The molecule has 3 amide bonds. The highest BCUT2D eigenvalue weighted by atomic mass is 16.7. The van der Waals surface area contributed by atoms with E-state index in [0.717, 1.165) is 6.26 Å². The number of alkyl carbamates (subject to hydrolysis) is 1. The van der Waals surface area contributed by atoms with E-state index in [9.17, 15) is 19.2 Å². The number of amides is 3. The minimum Gasteiger partial charge on any atom is -0.446 e. The topological polar surface area (TPSA) is 128 Å². The van der Waals surface area contributed by atoms with E-state index < -0.39 is 35.5 Å². The van der Waals surface area contributed by atoms with Crippen LogP contribution in [0.5, 0.6) is 0 Å². The minimum absolute atomic E-state index is 0.0187. The molecule has 0 unspecified atom stereocenters. The first-order chi connectivity index (χ1) is 13.6. The number of imide groups is 1. The summed E-state index contributed by atoms with van der Waals surface area (Å²) < 4.78 is 10.3. The van der Waals surface area contributed by atoms with Crippen molar-refractivity contribution in [1.82, 2.24) is 15.4 Å². The molecule has 1 aliphatic heterocycles. The van der Waals surface area contributed by atoms with Gasteiger partial charge < -0.3 is 19.3 Å². The highest BCUT2D eigenvalue weighted by Crippen LogP contribution is 2.23. The number of fused-ring (bicyclic) bond motifs is 1. The van der Waals surface area contributed by atoms with Gasteiger partial charge in [0.25, 0.3) is 11.8 Å². The highest BCUT2D eigenvalue weighted by molar-refractivity contribution is 6.21. The van der Waals surface area contributed by atoms with Crippen LogP contribution in [0.4, 0.5) is 4.79 Å². The van der Waals surface area contributed by atoms with Gasteiger partial charge in [0, 0.05) is 0 Å². The fourth-order valence-electron chi connectivity index (χ4n) is 2.51. The maximum Gasteiger partial charge on any atom is 0.408 e. The number of ether oxygens (including phenoxy) is 1. The third kappa shape index (κ3) is 4.26. The Morgan fingerprint density at radius 2 is 1.72 bits per heavy atom. The summed E-state index contributed by atoms with van der Waals surface area (Å²) in [6, 6.07) is 5.41. The van der Waals surface area contributed by atoms with E-state index in [1.54, 1.807) is 39.8 Å². The van der Waals surface area contributed by atoms with Crippen LogP contribution in [0, 0.1) is 0 Å². The Hall–Kier alpha value is -3.69. The lowest BCUT2D eigenvalue weighted by atomic mass is 10.1. The smallest absolute Gasteiger partial charge is 0.408 e. The van der Waals surface area contributed by atoms with Crippen LogP contribution in [-0.2, 0) is 9.57 Å². The van der Waals surface area contributed by atoms with Crippen molar-refractivity contribution in [1.29, 1.82) is 0 Å². The van der Waals surface area contributed by atoms with Gasteiger partial charge in [-0.25, -0.2) is 14.6 Å². The van der Waals surface area contributed by atoms with Crippen molar-refractivity contribution < 1.29 is 33.2 Å². The minimum atomic E-state index is -1.06. The van der Waals surface area contributed by atoms with Crippen LogP contribution in [0.1, 0.15) is 70.8 Å². The van der Waals surface area contributed by atoms with Crippen molar-refractivity contribution in [3.05, 3.63) is 53.2 Å². The van der Waals surface area contributed by atoms with Crippen molar-refractivity contribution >= 4 is 23.9 Å². The number of hydrogen-bond donors (Lipinski definition) is 1. The van der Waals surface area contributed by atoms with Gasteiger partial charge in [0.05, 0.1) is 11.1 Å². The number of hydroxylamine groups is 2. The molecule has 10 nitrogen and oxygen atoms in total. The molecule has 152 valence electrons. The average Bonchev–Trinajstić information content (AvgIpc) is 3.21. The Labute approximate surface area is 165 Å². The molecule has 0 spiro atoms. The van der Waals surface area contributed by atoms with Crippen LogP contribution >= 0.6 is 0 Å². The van der Waals surface area contributed by atoms with Crippen molar-refractivity contribution in [3.63, 3.8) is 0 Å². The Morgan fingerprint density at radius 3 is 2.28 bits per heavy atom. The lowest BCUT2D eigenvalue weighted by molar-refractivity contribution is -0.0588. The zero-order valence-electron chi connectivity index (χ0n) is 16.2. The molecule has 3 rings (SSSR count). The summed E-state index contributed by atoms with van der Waals surface area (Å²) in [6.07, 6.45) is 0.321. The number of hydrogen-bond acceptors (Lipinski definition) is 8. The quantitative estimate of drug-likeness (QED) is 0.774. The van der Waals surface area contributed by atoms with Gasteiger partial charge in [0.1, 0.15) is 17.9 Å². The van der Waals surface area contributed by atoms with Gasteiger partial charge in [-0.1, -0.05) is 17.2 Å². The number of rotatable bonds is 4. The molecule has 0 radical (unpaired) electrons. The monoisotopic (exact) mass is 401 g/mol. The summed E-state index contributed by atoms with van der Waals surface area (Å²) in [7, 11) is 0. The third-order valence-corrected chi connectivity index (χ3v) is 3.77. The van der Waals surface area contributed by atoms with Gasteiger partial charge in [-0.05, 0) is 39.8 Å². The fraction of sp³-hybridized carbons (Fsp3) is 0.316. The Morgan fingerprint density at radius 1 is 1.14 bits per heavy atom. The second kappa shape index (κ2) is 7.38. The summed E-state index contributed by atoms with van der Waals surface area (Å²) in [5, 5.41) is 2.89. The summed E-state index contributed by atoms with van der Waals surface area (Å²) in [5.41, 5.74) is -0.668. The van der Waals surface area contributed by atoms with E-state index in [1.165, 1.54) is 12.1 Å².